The Hall–Kier alpha value is -2.78. The van der Waals surface area contributed by atoms with Crippen molar-refractivity contribution in [1.29, 1.82) is 5.26 Å². The molecule has 2 aromatic carbocycles. The SMILES string of the molecule is C[C@H](OC(=O)CSc1ccc2c(c1)CCC2)C(=O)Nc1ccc(C#N)cc1. The molecule has 0 bridgehead atoms. The second-order valence-corrected chi connectivity index (χ2v) is 7.43. The van der Waals surface area contributed by atoms with Gasteiger partial charge in [-0.1, -0.05) is 6.07 Å². The highest BCUT2D eigenvalue weighted by Crippen LogP contribution is 2.27. The number of nitriles is 1. The molecule has 138 valence electrons. The number of fused-ring (bicyclic) bond motifs is 1. The number of nitrogens with one attached hydrogen (secondary N) is 1. The molecule has 0 saturated carbocycles. The molecule has 0 spiro atoms. The lowest BCUT2D eigenvalue weighted by Gasteiger charge is -2.13. The number of thioether (sulfide) groups is 1. The first-order valence-corrected chi connectivity index (χ1v) is 9.79. The van der Waals surface area contributed by atoms with Gasteiger partial charge in [-0.05, 0) is 73.7 Å². The minimum atomic E-state index is -0.895. The predicted octanol–water partition coefficient (Wildman–Crippen LogP) is 3.71. The number of anilines is 1. The quantitative estimate of drug-likeness (QED) is 0.610. The van der Waals surface area contributed by atoms with Gasteiger partial charge in [-0.15, -0.1) is 11.8 Å². The molecule has 0 aromatic heterocycles. The molecule has 0 fully saturated rings. The third-order valence-electron chi connectivity index (χ3n) is 4.39. The summed E-state index contributed by atoms with van der Waals surface area (Å²) in [5.74, 6) is -0.675. The van der Waals surface area contributed by atoms with Gasteiger partial charge in [0.25, 0.3) is 5.91 Å². The summed E-state index contributed by atoms with van der Waals surface area (Å²) in [6.45, 7) is 1.54. The van der Waals surface area contributed by atoms with E-state index in [9.17, 15) is 9.59 Å². The van der Waals surface area contributed by atoms with Crippen LogP contribution in [-0.2, 0) is 27.2 Å². The lowest BCUT2D eigenvalue weighted by molar-refractivity contribution is -0.150. The van der Waals surface area contributed by atoms with Gasteiger partial charge in [-0.3, -0.25) is 9.59 Å². The fourth-order valence-electron chi connectivity index (χ4n) is 2.94. The van der Waals surface area contributed by atoms with E-state index in [2.05, 4.69) is 17.4 Å². The van der Waals surface area contributed by atoms with Crippen molar-refractivity contribution in [2.75, 3.05) is 11.1 Å². The van der Waals surface area contributed by atoms with Crippen LogP contribution in [0.1, 0.15) is 30.0 Å². The Morgan fingerprint density at radius 2 is 1.93 bits per heavy atom. The number of hydrogen-bond donors (Lipinski definition) is 1. The van der Waals surface area contributed by atoms with Gasteiger partial charge < -0.3 is 10.1 Å². The highest BCUT2D eigenvalue weighted by atomic mass is 32.2. The second kappa shape index (κ2) is 8.74. The van der Waals surface area contributed by atoms with Crippen molar-refractivity contribution in [2.45, 2.75) is 37.2 Å². The average Bonchev–Trinajstić information content (AvgIpc) is 3.14. The molecule has 1 aliphatic rings. The fraction of sp³-hybridized carbons (Fsp3) is 0.286. The number of amides is 1. The van der Waals surface area contributed by atoms with Crippen LogP contribution < -0.4 is 5.32 Å². The average molecular weight is 380 g/mol. The Bertz CT molecular complexity index is 887. The summed E-state index contributed by atoms with van der Waals surface area (Å²) in [7, 11) is 0. The topological polar surface area (TPSA) is 79.2 Å². The summed E-state index contributed by atoms with van der Waals surface area (Å²) in [6, 6.07) is 14.8. The predicted molar refractivity (Wildman–Crippen MR) is 105 cm³/mol. The van der Waals surface area contributed by atoms with Crippen molar-refractivity contribution in [3.8, 4) is 6.07 Å². The van der Waals surface area contributed by atoms with E-state index in [1.807, 2.05) is 12.1 Å². The Balaban J connectivity index is 1.46. The molecule has 0 saturated heterocycles. The molecule has 5 nitrogen and oxygen atoms in total. The molecule has 0 aliphatic heterocycles. The molecule has 0 radical (unpaired) electrons. The number of esters is 1. The Labute approximate surface area is 162 Å². The number of carbonyl (C=O) groups is 2. The molecular formula is C21H20N2O3S. The number of nitrogens with zero attached hydrogens (tertiary/aromatic N) is 1. The van der Waals surface area contributed by atoms with Crippen LogP contribution in [0, 0.1) is 11.3 Å². The number of hydrogen-bond acceptors (Lipinski definition) is 5. The number of rotatable bonds is 6. The first kappa shape index (κ1) is 19.0. The third-order valence-corrected chi connectivity index (χ3v) is 5.35. The smallest absolute Gasteiger partial charge is 0.317 e. The van der Waals surface area contributed by atoms with Crippen LogP contribution in [0.25, 0.3) is 0 Å². The van der Waals surface area contributed by atoms with Crippen LogP contribution in [0.5, 0.6) is 0 Å². The maximum absolute atomic E-state index is 12.1. The largest absolute Gasteiger partial charge is 0.452 e. The van der Waals surface area contributed by atoms with Crippen molar-refractivity contribution < 1.29 is 14.3 Å². The summed E-state index contributed by atoms with van der Waals surface area (Å²) < 4.78 is 5.22. The van der Waals surface area contributed by atoms with Crippen LogP contribution >= 0.6 is 11.8 Å². The number of carbonyl (C=O) groups excluding carboxylic acids is 2. The maximum Gasteiger partial charge on any atom is 0.317 e. The van der Waals surface area contributed by atoms with Gasteiger partial charge in [0.1, 0.15) is 0 Å². The highest BCUT2D eigenvalue weighted by molar-refractivity contribution is 8.00. The molecule has 2 aromatic rings. The standard InChI is InChI=1S/C21H20N2O3S/c1-14(21(25)23-18-8-5-15(12-22)6-9-18)26-20(24)13-27-19-10-7-16-3-2-4-17(16)11-19/h5-11,14H,2-4,13H2,1H3,(H,23,25)/t14-/m0/s1. The zero-order valence-electron chi connectivity index (χ0n) is 15.0. The summed E-state index contributed by atoms with van der Waals surface area (Å²) in [4.78, 5) is 25.2. The molecule has 1 amide bonds. The van der Waals surface area contributed by atoms with E-state index < -0.39 is 18.0 Å². The summed E-state index contributed by atoms with van der Waals surface area (Å²) in [5, 5.41) is 11.4. The van der Waals surface area contributed by atoms with Crippen LogP contribution in [0.4, 0.5) is 5.69 Å². The number of ether oxygens (including phenoxy) is 1. The van der Waals surface area contributed by atoms with Gasteiger partial charge in [0, 0.05) is 10.6 Å². The maximum atomic E-state index is 12.1. The Morgan fingerprint density at radius 1 is 1.19 bits per heavy atom. The monoisotopic (exact) mass is 380 g/mol. The van der Waals surface area contributed by atoms with Crippen molar-refractivity contribution in [2.24, 2.45) is 0 Å². The molecule has 0 unspecified atom stereocenters. The van der Waals surface area contributed by atoms with E-state index in [4.69, 9.17) is 10.00 Å². The zero-order valence-corrected chi connectivity index (χ0v) is 15.8. The van der Waals surface area contributed by atoms with E-state index >= 15 is 0 Å². The van der Waals surface area contributed by atoms with Crippen molar-refractivity contribution in [3.63, 3.8) is 0 Å². The van der Waals surface area contributed by atoms with Gasteiger partial charge >= 0.3 is 5.97 Å². The summed E-state index contributed by atoms with van der Waals surface area (Å²) in [5.41, 5.74) is 3.82. The van der Waals surface area contributed by atoms with Gasteiger partial charge in [0.2, 0.25) is 0 Å². The molecule has 3 rings (SSSR count). The lowest BCUT2D eigenvalue weighted by atomic mass is 10.1. The van der Waals surface area contributed by atoms with Crippen LogP contribution in [0.15, 0.2) is 47.4 Å². The Kier molecular flexibility index (Phi) is 6.15. The van der Waals surface area contributed by atoms with Crippen LogP contribution in [0.3, 0.4) is 0 Å². The first-order valence-electron chi connectivity index (χ1n) is 8.80. The minimum absolute atomic E-state index is 0.160. The van der Waals surface area contributed by atoms with Crippen molar-refractivity contribution in [3.05, 3.63) is 59.2 Å². The van der Waals surface area contributed by atoms with Gasteiger partial charge in [0.15, 0.2) is 6.10 Å². The normalized spacial score (nSPS) is 13.3. The van der Waals surface area contributed by atoms with E-state index in [1.165, 1.54) is 36.2 Å². The molecule has 1 N–H and O–H groups in total. The lowest BCUT2D eigenvalue weighted by Crippen LogP contribution is -2.30. The summed E-state index contributed by atoms with van der Waals surface area (Å²) >= 11 is 1.42. The van der Waals surface area contributed by atoms with Crippen molar-refractivity contribution >= 4 is 29.3 Å². The highest BCUT2D eigenvalue weighted by Gasteiger charge is 2.18. The second-order valence-electron chi connectivity index (χ2n) is 6.38. The van der Waals surface area contributed by atoms with Gasteiger partial charge in [-0.2, -0.15) is 5.26 Å². The minimum Gasteiger partial charge on any atom is -0.452 e. The van der Waals surface area contributed by atoms with Crippen LogP contribution in [0.2, 0.25) is 0 Å². The first-order chi connectivity index (χ1) is 13.0. The molecule has 6 heteroatoms. The van der Waals surface area contributed by atoms with Gasteiger partial charge in [-0.25, -0.2) is 0 Å². The fourth-order valence-corrected chi connectivity index (χ4v) is 3.68. The van der Waals surface area contributed by atoms with Crippen molar-refractivity contribution in [1.82, 2.24) is 0 Å². The number of benzene rings is 2. The molecule has 0 heterocycles. The number of aryl methyl sites for hydroxylation is 2. The Morgan fingerprint density at radius 3 is 2.67 bits per heavy atom. The van der Waals surface area contributed by atoms with E-state index in [0.717, 1.165) is 17.7 Å². The van der Waals surface area contributed by atoms with Crippen LogP contribution in [-0.4, -0.2) is 23.7 Å². The molecular weight excluding hydrogens is 360 g/mol. The molecule has 1 aliphatic carbocycles. The molecule has 1 atom stereocenters. The van der Waals surface area contributed by atoms with Gasteiger partial charge in [0.05, 0.1) is 17.4 Å². The van der Waals surface area contributed by atoms with E-state index in [1.54, 1.807) is 24.3 Å². The van der Waals surface area contributed by atoms with E-state index in [-0.39, 0.29) is 5.75 Å². The summed E-state index contributed by atoms with van der Waals surface area (Å²) in [6.07, 6.45) is 2.53. The zero-order chi connectivity index (χ0) is 19.2. The molecule has 27 heavy (non-hydrogen) atoms. The van der Waals surface area contributed by atoms with E-state index in [0.29, 0.717) is 11.3 Å². The third kappa shape index (κ3) is 5.11.